The first-order valence-corrected chi connectivity index (χ1v) is 3.71. The summed E-state index contributed by atoms with van der Waals surface area (Å²) in [5, 5.41) is 19.4. The fourth-order valence-corrected chi connectivity index (χ4v) is 0.968. The largest absolute Gasteiger partial charge is 0.317 e. The highest BCUT2D eigenvalue weighted by Gasteiger charge is 2.21. The number of hydrogen-bond donors (Lipinski definition) is 1. The van der Waals surface area contributed by atoms with Crippen LogP contribution in [-0.4, -0.2) is 15.9 Å². The van der Waals surface area contributed by atoms with E-state index < -0.39 is 21.6 Å². The molecule has 0 heterocycles. The standard InChI is InChI=1S/C7H5N3O5/c11-7(8-10(14)15)5-3-1-2-4-6(5)9(12)13/h1-4H,(H,8,11). The van der Waals surface area contributed by atoms with Crippen molar-refractivity contribution in [2.24, 2.45) is 0 Å². The number of hydrazine groups is 1. The molecule has 8 nitrogen and oxygen atoms in total. The number of nitrogens with zero attached hydrogens (tertiary/aromatic N) is 2. The van der Waals surface area contributed by atoms with Crippen molar-refractivity contribution in [3.8, 4) is 0 Å². The number of para-hydroxylation sites is 1. The summed E-state index contributed by atoms with van der Waals surface area (Å²) >= 11 is 0. The number of amides is 1. The van der Waals surface area contributed by atoms with Crippen LogP contribution in [0.1, 0.15) is 10.4 Å². The summed E-state index contributed by atoms with van der Waals surface area (Å²) in [6.07, 6.45) is 0. The Morgan fingerprint density at radius 1 is 1.20 bits per heavy atom. The Kier molecular flexibility index (Phi) is 2.91. The molecule has 1 amide bonds. The molecule has 0 aliphatic rings. The second kappa shape index (κ2) is 4.13. The first-order chi connectivity index (χ1) is 7.02. The van der Waals surface area contributed by atoms with Crippen LogP contribution in [0.15, 0.2) is 24.3 Å². The van der Waals surface area contributed by atoms with Crippen LogP contribution in [0.3, 0.4) is 0 Å². The van der Waals surface area contributed by atoms with Gasteiger partial charge >= 0.3 is 5.91 Å². The molecule has 0 saturated carbocycles. The van der Waals surface area contributed by atoms with E-state index in [9.17, 15) is 25.0 Å². The molecule has 15 heavy (non-hydrogen) atoms. The monoisotopic (exact) mass is 211 g/mol. The molecule has 1 N–H and O–H groups in total. The van der Waals surface area contributed by atoms with Gasteiger partial charge < -0.3 is 0 Å². The number of carbonyl (C=O) groups is 1. The van der Waals surface area contributed by atoms with Crippen LogP contribution in [0.25, 0.3) is 0 Å². The van der Waals surface area contributed by atoms with Gasteiger partial charge in [0.1, 0.15) is 5.56 Å². The van der Waals surface area contributed by atoms with Crippen molar-refractivity contribution < 1.29 is 14.8 Å². The van der Waals surface area contributed by atoms with Crippen LogP contribution >= 0.6 is 0 Å². The lowest BCUT2D eigenvalue weighted by molar-refractivity contribution is -0.527. The molecular weight excluding hydrogens is 206 g/mol. The third kappa shape index (κ3) is 2.46. The summed E-state index contributed by atoms with van der Waals surface area (Å²) < 4.78 is 0. The molecule has 8 heteroatoms. The van der Waals surface area contributed by atoms with Crippen molar-refractivity contribution in [1.82, 2.24) is 5.43 Å². The summed E-state index contributed by atoms with van der Waals surface area (Å²) in [6, 6.07) is 4.97. The van der Waals surface area contributed by atoms with Gasteiger partial charge in [-0.05, 0) is 6.07 Å². The Bertz CT molecular complexity index is 430. The van der Waals surface area contributed by atoms with E-state index in [0.717, 1.165) is 12.1 Å². The summed E-state index contributed by atoms with van der Waals surface area (Å²) in [4.78, 5) is 30.8. The van der Waals surface area contributed by atoms with Crippen molar-refractivity contribution in [1.29, 1.82) is 0 Å². The van der Waals surface area contributed by atoms with E-state index in [1.54, 1.807) is 0 Å². The van der Waals surface area contributed by atoms with Gasteiger partial charge in [0.25, 0.3) is 5.69 Å². The number of nitro groups is 2. The molecule has 1 aromatic rings. The van der Waals surface area contributed by atoms with Gasteiger partial charge in [-0.25, -0.2) is 10.1 Å². The molecule has 0 radical (unpaired) electrons. The quantitative estimate of drug-likeness (QED) is 0.577. The minimum Gasteiger partial charge on any atom is -0.263 e. The first-order valence-electron chi connectivity index (χ1n) is 3.71. The molecule has 0 aliphatic heterocycles. The number of benzene rings is 1. The Morgan fingerprint density at radius 3 is 2.33 bits per heavy atom. The van der Waals surface area contributed by atoms with E-state index in [1.165, 1.54) is 17.6 Å². The van der Waals surface area contributed by atoms with Gasteiger partial charge in [0.05, 0.1) is 4.92 Å². The molecule has 0 fully saturated rings. The third-order valence-electron chi connectivity index (χ3n) is 1.54. The highest BCUT2D eigenvalue weighted by atomic mass is 16.7. The second-order valence-corrected chi connectivity index (χ2v) is 2.47. The lowest BCUT2D eigenvalue weighted by Gasteiger charge is -1.98. The maximum absolute atomic E-state index is 11.1. The maximum atomic E-state index is 11.1. The van der Waals surface area contributed by atoms with Crippen LogP contribution < -0.4 is 5.43 Å². The average Bonchev–Trinajstić information content (AvgIpc) is 2.16. The topological polar surface area (TPSA) is 115 Å². The van der Waals surface area contributed by atoms with E-state index in [4.69, 9.17) is 0 Å². The van der Waals surface area contributed by atoms with Gasteiger partial charge in [0.2, 0.25) is 0 Å². The summed E-state index contributed by atoms with van der Waals surface area (Å²) in [6.45, 7) is 0. The zero-order chi connectivity index (χ0) is 11.4. The SMILES string of the molecule is O=C(N[N+](=O)[O-])c1ccccc1[N+](=O)[O-]. The number of carbonyl (C=O) groups excluding carboxylic acids is 1. The molecular formula is C7H5N3O5. The zero-order valence-electron chi connectivity index (χ0n) is 7.25. The molecule has 0 unspecified atom stereocenters. The van der Waals surface area contributed by atoms with Crippen LogP contribution in [0.2, 0.25) is 0 Å². The molecule has 0 aliphatic carbocycles. The van der Waals surface area contributed by atoms with Crippen LogP contribution in [-0.2, 0) is 0 Å². The third-order valence-corrected chi connectivity index (χ3v) is 1.54. The van der Waals surface area contributed by atoms with Gasteiger partial charge in [-0.3, -0.25) is 14.9 Å². The van der Waals surface area contributed by atoms with Gasteiger partial charge in [0.15, 0.2) is 5.03 Å². The molecule has 0 saturated heterocycles. The fourth-order valence-electron chi connectivity index (χ4n) is 0.968. The Labute approximate surface area is 82.8 Å². The lowest BCUT2D eigenvalue weighted by atomic mass is 10.2. The van der Waals surface area contributed by atoms with Crippen molar-refractivity contribution in [2.45, 2.75) is 0 Å². The number of rotatable bonds is 3. The van der Waals surface area contributed by atoms with Gasteiger partial charge in [-0.15, -0.1) is 0 Å². The smallest absolute Gasteiger partial charge is 0.263 e. The van der Waals surface area contributed by atoms with E-state index in [1.807, 2.05) is 0 Å². The summed E-state index contributed by atoms with van der Waals surface area (Å²) in [5.41, 5.74) is 0.510. The summed E-state index contributed by atoms with van der Waals surface area (Å²) in [7, 11) is 0. The van der Waals surface area contributed by atoms with Crippen molar-refractivity contribution in [2.75, 3.05) is 0 Å². The molecule has 0 atom stereocenters. The molecule has 1 aromatic carbocycles. The Balaban J connectivity index is 3.08. The van der Waals surface area contributed by atoms with Crippen molar-refractivity contribution in [3.63, 3.8) is 0 Å². The Hall–Kier alpha value is -2.51. The zero-order valence-corrected chi connectivity index (χ0v) is 7.25. The molecule has 0 aromatic heterocycles. The second-order valence-electron chi connectivity index (χ2n) is 2.47. The van der Waals surface area contributed by atoms with E-state index in [-0.39, 0.29) is 5.56 Å². The van der Waals surface area contributed by atoms with Crippen LogP contribution in [0.5, 0.6) is 0 Å². The van der Waals surface area contributed by atoms with Gasteiger partial charge in [-0.1, -0.05) is 17.6 Å². The van der Waals surface area contributed by atoms with E-state index >= 15 is 0 Å². The highest BCUT2D eigenvalue weighted by Crippen LogP contribution is 2.16. The van der Waals surface area contributed by atoms with Crippen LogP contribution in [0, 0.1) is 20.2 Å². The van der Waals surface area contributed by atoms with Crippen molar-refractivity contribution in [3.05, 3.63) is 50.1 Å². The lowest BCUT2D eigenvalue weighted by Crippen LogP contribution is -2.29. The molecule has 1 rings (SSSR count). The molecule has 0 spiro atoms. The normalized spacial score (nSPS) is 9.33. The predicted octanol–water partition coefficient (Wildman–Crippen LogP) is 0.516. The number of nitrogens with one attached hydrogen (secondary N) is 1. The van der Waals surface area contributed by atoms with Gasteiger partial charge in [-0.2, -0.15) is 0 Å². The Morgan fingerprint density at radius 2 is 1.80 bits per heavy atom. The minimum absolute atomic E-state index is 0.348. The van der Waals surface area contributed by atoms with E-state index in [0.29, 0.717) is 0 Å². The predicted molar refractivity (Wildman–Crippen MR) is 47.6 cm³/mol. The average molecular weight is 211 g/mol. The maximum Gasteiger partial charge on any atom is 0.317 e. The highest BCUT2D eigenvalue weighted by molar-refractivity contribution is 5.97. The van der Waals surface area contributed by atoms with Gasteiger partial charge in [0, 0.05) is 6.07 Å². The fraction of sp³-hybridized carbons (Fsp3) is 0. The minimum atomic E-state index is -1.12. The van der Waals surface area contributed by atoms with Crippen molar-refractivity contribution >= 4 is 11.6 Å². The molecule has 78 valence electrons. The van der Waals surface area contributed by atoms with Crippen LogP contribution in [0.4, 0.5) is 5.69 Å². The summed E-state index contributed by atoms with van der Waals surface area (Å²) in [5.74, 6) is -1.12. The number of nitro benzene ring substituents is 1. The number of hydrogen-bond acceptors (Lipinski definition) is 5. The molecule has 0 bridgehead atoms. The first kappa shape index (κ1) is 10.6. The van der Waals surface area contributed by atoms with E-state index in [2.05, 4.69) is 0 Å².